The molecule has 1 unspecified atom stereocenters. The molecule has 32 heavy (non-hydrogen) atoms. The van der Waals surface area contributed by atoms with Crippen molar-refractivity contribution in [3.63, 3.8) is 0 Å². The van der Waals surface area contributed by atoms with Crippen molar-refractivity contribution in [2.45, 2.75) is 13.0 Å². The Bertz CT molecular complexity index is 1030. The number of nitrogens with one attached hydrogen (secondary N) is 3. The van der Waals surface area contributed by atoms with Crippen molar-refractivity contribution >= 4 is 58.4 Å². The second-order valence-corrected chi connectivity index (χ2v) is 7.47. The number of methoxy groups -OCH3 is 2. The number of ether oxygens (including phenoxy) is 3. The normalized spacial score (nSPS) is 11.4. The molecule has 1 atom stereocenters. The summed E-state index contributed by atoms with van der Waals surface area (Å²) in [6.07, 6.45) is 1.96. The summed E-state index contributed by atoms with van der Waals surface area (Å²) in [6, 6.07) is 9.84. The van der Waals surface area contributed by atoms with Crippen LogP contribution in [0, 0.1) is 0 Å². The van der Waals surface area contributed by atoms with Crippen LogP contribution in [-0.4, -0.2) is 37.3 Å². The average Bonchev–Trinajstić information content (AvgIpc) is 2.77. The highest BCUT2D eigenvalue weighted by molar-refractivity contribution is 7.80. The molecule has 170 valence electrons. The van der Waals surface area contributed by atoms with Gasteiger partial charge in [-0.3, -0.25) is 25.8 Å². The number of hydrogen-bond donors (Lipinski definition) is 3. The van der Waals surface area contributed by atoms with Crippen LogP contribution >= 0.6 is 35.4 Å². The first-order valence-corrected chi connectivity index (χ1v) is 10.3. The number of hydrogen-bond acceptors (Lipinski definition) is 6. The fraction of sp³-hybridized carbons (Fsp3) is 0.190. The highest BCUT2D eigenvalue weighted by Gasteiger charge is 2.16. The number of carbonyl (C=O) groups is 2. The van der Waals surface area contributed by atoms with Crippen molar-refractivity contribution in [3.8, 4) is 17.2 Å². The summed E-state index contributed by atoms with van der Waals surface area (Å²) in [5, 5.41) is 3.03. The number of carbonyl (C=O) groups excluding carboxylic acids is 2. The smallest absolute Gasteiger partial charge is 0.279 e. The van der Waals surface area contributed by atoms with E-state index in [1.807, 2.05) is 0 Å². The van der Waals surface area contributed by atoms with E-state index in [1.165, 1.54) is 33.3 Å². The minimum atomic E-state index is -0.898. The molecule has 0 aliphatic rings. The lowest BCUT2D eigenvalue weighted by Crippen LogP contribution is -2.51. The predicted octanol–water partition coefficient (Wildman–Crippen LogP) is 3.51. The zero-order valence-electron chi connectivity index (χ0n) is 17.4. The maximum absolute atomic E-state index is 12.2. The Morgan fingerprint density at radius 1 is 1.00 bits per heavy atom. The molecule has 0 heterocycles. The summed E-state index contributed by atoms with van der Waals surface area (Å²) >= 11 is 16.9. The van der Waals surface area contributed by atoms with Crippen molar-refractivity contribution in [1.82, 2.24) is 16.2 Å². The van der Waals surface area contributed by atoms with E-state index in [-0.39, 0.29) is 10.1 Å². The first-order valence-electron chi connectivity index (χ1n) is 9.16. The van der Waals surface area contributed by atoms with Gasteiger partial charge in [-0.25, -0.2) is 0 Å². The molecule has 8 nitrogen and oxygen atoms in total. The molecule has 0 saturated carbocycles. The van der Waals surface area contributed by atoms with Gasteiger partial charge < -0.3 is 14.2 Å². The molecule has 2 aromatic rings. The highest BCUT2D eigenvalue weighted by Crippen LogP contribution is 2.29. The third-order valence-electron chi connectivity index (χ3n) is 3.94. The molecule has 0 aliphatic carbocycles. The summed E-state index contributed by atoms with van der Waals surface area (Å²) in [7, 11) is 3.06. The number of halogens is 2. The number of hydrazine groups is 1. The second-order valence-electron chi connectivity index (χ2n) is 6.22. The third-order valence-corrected chi connectivity index (χ3v) is 4.67. The molecule has 0 radical (unpaired) electrons. The predicted molar refractivity (Wildman–Crippen MR) is 127 cm³/mol. The van der Waals surface area contributed by atoms with Crippen LogP contribution in [0.3, 0.4) is 0 Å². The van der Waals surface area contributed by atoms with Gasteiger partial charge in [0.05, 0.1) is 19.2 Å². The van der Waals surface area contributed by atoms with Crippen molar-refractivity contribution < 1.29 is 23.8 Å². The molecular weight excluding hydrogens is 477 g/mol. The summed E-state index contributed by atoms with van der Waals surface area (Å²) in [5.41, 5.74) is 5.50. The minimum Gasteiger partial charge on any atom is -0.493 e. The molecule has 0 saturated heterocycles. The van der Waals surface area contributed by atoms with Crippen LogP contribution in [0.25, 0.3) is 6.08 Å². The van der Waals surface area contributed by atoms with Gasteiger partial charge in [0, 0.05) is 11.1 Å². The van der Waals surface area contributed by atoms with Crippen molar-refractivity contribution in [2.75, 3.05) is 14.2 Å². The lowest BCUT2D eigenvalue weighted by molar-refractivity contribution is -0.128. The lowest BCUT2D eigenvalue weighted by atomic mass is 10.2. The third kappa shape index (κ3) is 7.60. The standard InChI is InChI=1S/C21H21Cl2N3O5S/c1-12(31-16-8-6-14(22)11-15(16)23)20(28)25-26-21(32)24-19(27)9-5-13-4-7-17(29-2)18(10-13)30-3/h4-12H,1-3H3,(H,25,28)(H2,24,26,27,32)/b9-5+. The van der Waals surface area contributed by atoms with Crippen LogP contribution in [0.2, 0.25) is 10.0 Å². The lowest BCUT2D eigenvalue weighted by Gasteiger charge is -2.16. The van der Waals surface area contributed by atoms with E-state index in [2.05, 4.69) is 16.2 Å². The molecule has 0 aromatic heterocycles. The Labute approximate surface area is 200 Å². The van der Waals surface area contributed by atoms with Crippen LogP contribution < -0.4 is 30.4 Å². The van der Waals surface area contributed by atoms with Gasteiger partial charge in [0.15, 0.2) is 22.7 Å². The zero-order chi connectivity index (χ0) is 23.7. The fourth-order valence-corrected chi connectivity index (χ4v) is 2.95. The van der Waals surface area contributed by atoms with Crippen LogP contribution in [0.1, 0.15) is 12.5 Å². The topological polar surface area (TPSA) is 97.9 Å². The summed E-state index contributed by atoms with van der Waals surface area (Å²) in [6.45, 7) is 1.52. The summed E-state index contributed by atoms with van der Waals surface area (Å²) < 4.78 is 15.9. The molecular formula is C21H21Cl2N3O5S. The zero-order valence-corrected chi connectivity index (χ0v) is 19.7. The van der Waals surface area contributed by atoms with E-state index in [4.69, 9.17) is 49.6 Å². The van der Waals surface area contributed by atoms with E-state index in [1.54, 1.807) is 36.4 Å². The first kappa shape index (κ1) is 25.3. The maximum atomic E-state index is 12.2. The van der Waals surface area contributed by atoms with E-state index < -0.39 is 17.9 Å². The van der Waals surface area contributed by atoms with Gasteiger partial charge in [-0.1, -0.05) is 29.3 Å². The monoisotopic (exact) mass is 497 g/mol. The van der Waals surface area contributed by atoms with Gasteiger partial charge in [-0.2, -0.15) is 0 Å². The SMILES string of the molecule is COc1ccc(/C=C/C(=O)NC(=S)NNC(=O)C(C)Oc2ccc(Cl)cc2Cl)cc1OC. The minimum absolute atomic E-state index is 0.1000. The Morgan fingerprint density at radius 2 is 1.69 bits per heavy atom. The van der Waals surface area contributed by atoms with Crippen LogP contribution in [0.15, 0.2) is 42.5 Å². The number of amides is 2. The van der Waals surface area contributed by atoms with Gasteiger partial charge >= 0.3 is 0 Å². The number of thiocarbonyl (C=S) groups is 1. The molecule has 0 bridgehead atoms. The number of rotatable bonds is 7. The van der Waals surface area contributed by atoms with Crippen molar-refractivity contribution in [2.24, 2.45) is 0 Å². The maximum Gasteiger partial charge on any atom is 0.279 e. The molecule has 11 heteroatoms. The molecule has 0 fully saturated rings. The van der Waals surface area contributed by atoms with Gasteiger partial charge in [0.25, 0.3) is 5.91 Å². The largest absolute Gasteiger partial charge is 0.493 e. The molecule has 0 aliphatic heterocycles. The van der Waals surface area contributed by atoms with Crippen LogP contribution in [0.5, 0.6) is 17.2 Å². The van der Waals surface area contributed by atoms with Crippen molar-refractivity contribution in [3.05, 3.63) is 58.1 Å². The average molecular weight is 498 g/mol. The van der Waals surface area contributed by atoms with E-state index in [0.717, 1.165) is 5.56 Å². The van der Waals surface area contributed by atoms with Crippen molar-refractivity contribution in [1.29, 1.82) is 0 Å². The van der Waals surface area contributed by atoms with Crippen LogP contribution in [0.4, 0.5) is 0 Å². The van der Waals surface area contributed by atoms with Gasteiger partial charge in [0.1, 0.15) is 5.75 Å². The summed E-state index contributed by atoms with van der Waals surface area (Å²) in [4.78, 5) is 24.2. The first-order chi connectivity index (χ1) is 15.2. The molecule has 2 amide bonds. The Hall–Kier alpha value is -3.01. The fourth-order valence-electron chi connectivity index (χ4n) is 2.35. The van der Waals surface area contributed by atoms with Gasteiger partial charge in [-0.15, -0.1) is 0 Å². The van der Waals surface area contributed by atoms with E-state index >= 15 is 0 Å². The highest BCUT2D eigenvalue weighted by atomic mass is 35.5. The Morgan fingerprint density at radius 3 is 2.34 bits per heavy atom. The molecule has 0 spiro atoms. The quantitative estimate of drug-likeness (QED) is 0.305. The van der Waals surface area contributed by atoms with Gasteiger partial charge in [0.2, 0.25) is 5.91 Å². The number of benzene rings is 2. The van der Waals surface area contributed by atoms with Crippen LogP contribution in [-0.2, 0) is 9.59 Å². The molecule has 2 aromatic carbocycles. The second kappa shape index (κ2) is 12.1. The molecule has 3 N–H and O–H groups in total. The Kier molecular flexibility index (Phi) is 9.58. The van der Waals surface area contributed by atoms with E-state index in [0.29, 0.717) is 22.3 Å². The molecule has 2 rings (SSSR count). The Balaban J connectivity index is 1.82. The summed E-state index contributed by atoms with van der Waals surface area (Å²) in [5.74, 6) is 0.380. The van der Waals surface area contributed by atoms with E-state index in [9.17, 15) is 9.59 Å². The van der Waals surface area contributed by atoms with Gasteiger partial charge in [-0.05, 0) is 61.1 Å².